The molecule has 5 nitrogen and oxygen atoms in total. The lowest BCUT2D eigenvalue weighted by Crippen LogP contribution is -2.58. The molecular formula is C10H17NO4S. The van der Waals surface area contributed by atoms with Gasteiger partial charge in [-0.25, -0.2) is 0 Å². The predicted octanol–water partition coefficient (Wildman–Crippen LogP) is -1.61. The van der Waals surface area contributed by atoms with Crippen molar-refractivity contribution < 1.29 is 19.5 Å². The fourth-order valence-corrected chi connectivity index (χ4v) is 5.21. The van der Waals surface area contributed by atoms with Crippen LogP contribution in [-0.2, 0) is 10.8 Å². The van der Waals surface area contributed by atoms with E-state index < -0.39 is 40.5 Å². The van der Waals surface area contributed by atoms with E-state index in [4.69, 9.17) is 0 Å². The number of piperidine rings is 1. The normalized spacial score (nSPS) is 57.3. The van der Waals surface area contributed by atoms with Gasteiger partial charge in [0.15, 0.2) is 0 Å². The van der Waals surface area contributed by atoms with Crippen LogP contribution in [0.15, 0.2) is 0 Å². The molecule has 3 heterocycles. The Labute approximate surface area is 96.5 Å². The fourth-order valence-electron chi connectivity index (χ4n) is 3.41. The quantitative estimate of drug-likeness (QED) is 0.480. The maximum atomic E-state index is 11.9. The molecule has 0 bridgehead atoms. The van der Waals surface area contributed by atoms with Crippen LogP contribution in [-0.4, -0.2) is 66.0 Å². The summed E-state index contributed by atoms with van der Waals surface area (Å²) in [5.41, 5.74) is 0. The van der Waals surface area contributed by atoms with Gasteiger partial charge in [0.05, 0.1) is 12.1 Å². The van der Waals surface area contributed by atoms with Crippen LogP contribution in [0.3, 0.4) is 0 Å². The maximum Gasteiger partial charge on any atom is 0.115 e. The van der Waals surface area contributed by atoms with E-state index in [0.717, 1.165) is 12.8 Å². The largest absolute Gasteiger partial charge is 0.391 e. The van der Waals surface area contributed by atoms with Crippen molar-refractivity contribution in [2.75, 3.05) is 5.75 Å². The van der Waals surface area contributed by atoms with Gasteiger partial charge in [0, 0.05) is 22.6 Å². The van der Waals surface area contributed by atoms with Crippen molar-refractivity contribution >= 4 is 10.8 Å². The Morgan fingerprint density at radius 2 is 1.81 bits per heavy atom. The van der Waals surface area contributed by atoms with Crippen LogP contribution in [0.4, 0.5) is 0 Å². The maximum absolute atomic E-state index is 11.9. The minimum Gasteiger partial charge on any atom is -0.391 e. The Hall–Kier alpha value is -0.0100. The van der Waals surface area contributed by atoms with Crippen LogP contribution in [0.5, 0.6) is 0 Å². The lowest BCUT2D eigenvalue weighted by molar-refractivity contribution is -0.0477. The van der Waals surface area contributed by atoms with E-state index in [0.29, 0.717) is 12.2 Å². The van der Waals surface area contributed by atoms with E-state index in [9.17, 15) is 19.5 Å². The molecule has 7 atom stereocenters. The molecule has 0 aliphatic carbocycles. The van der Waals surface area contributed by atoms with Crippen molar-refractivity contribution in [1.29, 1.82) is 0 Å². The van der Waals surface area contributed by atoms with Crippen molar-refractivity contribution in [2.24, 2.45) is 0 Å². The monoisotopic (exact) mass is 247 g/mol. The zero-order valence-corrected chi connectivity index (χ0v) is 9.71. The third-order valence-corrected chi connectivity index (χ3v) is 5.86. The summed E-state index contributed by atoms with van der Waals surface area (Å²) in [6.45, 7) is 0. The van der Waals surface area contributed by atoms with Gasteiger partial charge in [-0.05, 0) is 19.3 Å². The number of aliphatic hydroxyl groups excluding tert-OH is 3. The van der Waals surface area contributed by atoms with Gasteiger partial charge < -0.3 is 15.3 Å². The predicted molar refractivity (Wildman–Crippen MR) is 58.1 cm³/mol. The highest BCUT2D eigenvalue weighted by atomic mass is 32.2. The summed E-state index contributed by atoms with van der Waals surface area (Å²) in [4.78, 5) is 1.92. The highest BCUT2D eigenvalue weighted by Crippen LogP contribution is 2.41. The molecule has 3 aliphatic rings. The van der Waals surface area contributed by atoms with E-state index in [1.807, 2.05) is 4.90 Å². The molecular weight excluding hydrogens is 230 g/mol. The van der Waals surface area contributed by atoms with Gasteiger partial charge in [-0.3, -0.25) is 9.11 Å². The highest BCUT2D eigenvalue weighted by molar-refractivity contribution is 7.85. The molecule has 0 radical (unpaired) electrons. The average molecular weight is 247 g/mol. The molecule has 0 aromatic heterocycles. The molecule has 0 aromatic rings. The topological polar surface area (TPSA) is 81.0 Å². The molecule has 0 saturated carbocycles. The van der Waals surface area contributed by atoms with Gasteiger partial charge in [-0.1, -0.05) is 0 Å². The first-order valence-electron chi connectivity index (χ1n) is 5.80. The number of nitrogens with zero attached hydrogens (tertiary/aromatic N) is 1. The Bertz CT molecular complexity index is 326. The Balaban J connectivity index is 1.99. The standard InChI is InChI=1S/C10H17NO4S/c12-6-2-1-5-3-4-16(15)10-9(14)8(13)7(6)11(5)10/h5-10,12-14H,1-4H2/t5?,6-,7-,8+,9+,10?,16?/m1/s1. The molecule has 6 heteroatoms. The summed E-state index contributed by atoms with van der Waals surface area (Å²) in [7, 11) is -1.12. The lowest BCUT2D eigenvalue weighted by atomic mass is 9.91. The molecule has 92 valence electrons. The smallest absolute Gasteiger partial charge is 0.115 e. The minimum absolute atomic E-state index is 0.267. The molecule has 3 saturated heterocycles. The molecule has 3 fully saturated rings. The summed E-state index contributed by atoms with van der Waals surface area (Å²) in [5.74, 6) is 0.596. The number of hydrogen-bond donors (Lipinski definition) is 3. The molecule has 0 amide bonds. The third-order valence-electron chi connectivity index (χ3n) is 4.16. The van der Waals surface area contributed by atoms with Crippen LogP contribution in [0.2, 0.25) is 0 Å². The number of rotatable bonds is 0. The summed E-state index contributed by atoms with van der Waals surface area (Å²) >= 11 is 0. The van der Waals surface area contributed by atoms with Crippen molar-refractivity contribution in [3.63, 3.8) is 0 Å². The van der Waals surface area contributed by atoms with Crippen LogP contribution in [0.25, 0.3) is 0 Å². The molecule has 3 unspecified atom stereocenters. The van der Waals surface area contributed by atoms with Crippen LogP contribution >= 0.6 is 0 Å². The Morgan fingerprint density at radius 3 is 2.56 bits per heavy atom. The first-order valence-corrected chi connectivity index (χ1v) is 7.18. The molecule has 16 heavy (non-hydrogen) atoms. The second-order valence-electron chi connectivity index (χ2n) is 4.98. The average Bonchev–Trinajstić information content (AvgIpc) is 2.53. The number of aliphatic hydroxyl groups is 3. The molecule has 3 rings (SSSR count). The van der Waals surface area contributed by atoms with Gasteiger partial charge in [0.25, 0.3) is 0 Å². The summed E-state index contributed by atoms with van der Waals surface area (Å²) in [6.07, 6.45) is -0.196. The second kappa shape index (κ2) is 3.74. The van der Waals surface area contributed by atoms with E-state index in [1.54, 1.807) is 0 Å². The van der Waals surface area contributed by atoms with Gasteiger partial charge >= 0.3 is 0 Å². The first-order chi connectivity index (χ1) is 7.61. The Morgan fingerprint density at radius 1 is 1.06 bits per heavy atom. The fraction of sp³-hybridized carbons (Fsp3) is 1.00. The van der Waals surface area contributed by atoms with Crippen molar-refractivity contribution in [1.82, 2.24) is 4.90 Å². The van der Waals surface area contributed by atoms with Gasteiger partial charge in [0.1, 0.15) is 17.6 Å². The van der Waals surface area contributed by atoms with Gasteiger partial charge in [-0.15, -0.1) is 0 Å². The van der Waals surface area contributed by atoms with Crippen LogP contribution in [0.1, 0.15) is 19.3 Å². The molecule has 0 aromatic carbocycles. The lowest BCUT2D eigenvalue weighted by Gasteiger charge is -2.45. The minimum atomic E-state index is -1.12. The van der Waals surface area contributed by atoms with Gasteiger partial charge in [-0.2, -0.15) is 0 Å². The van der Waals surface area contributed by atoms with Crippen molar-refractivity contribution in [3.8, 4) is 0 Å². The number of hydrogen-bond acceptors (Lipinski definition) is 5. The SMILES string of the molecule is O=S1CCC2CC[C@@H](O)[C@@H]3[C@H](O)[C@H](O)C1N23. The molecule has 3 N–H and O–H groups in total. The van der Waals surface area contributed by atoms with E-state index in [2.05, 4.69) is 0 Å². The van der Waals surface area contributed by atoms with Crippen LogP contribution < -0.4 is 0 Å². The first kappa shape index (κ1) is 11.1. The zero-order chi connectivity index (χ0) is 11.4. The van der Waals surface area contributed by atoms with Crippen LogP contribution in [0, 0.1) is 0 Å². The molecule has 3 aliphatic heterocycles. The van der Waals surface area contributed by atoms with Gasteiger partial charge in [0.2, 0.25) is 0 Å². The van der Waals surface area contributed by atoms with E-state index in [1.165, 1.54) is 0 Å². The third kappa shape index (κ3) is 1.34. The Kier molecular flexibility index (Phi) is 2.60. The van der Waals surface area contributed by atoms with Crippen molar-refractivity contribution in [2.45, 2.75) is 55.0 Å². The zero-order valence-electron chi connectivity index (χ0n) is 8.90. The van der Waals surface area contributed by atoms with E-state index in [-0.39, 0.29) is 6.04 Å². The second-order valence-corrected chi connectivity index (χ2v) is 6.63. The van der Waals surface area contributed by atoms with E-state index >= 15 is 0 Å². The molecule has 0 spiro atoms. The summed E-state index contributed by atoms with van der Waals surface area (Å²) in [6, 6.07) is -0.161. The van der Waals surface area contributed by atoms with Crippen molar-refractivity contribution in [3.05, 3.63) is 0 Å². The summed E-state index contributed by atoms with van der Waals surface area (Å²) in [5, 5.41) is 29.3. The summed E-state index contributed by atoms with van der Waals surface area (Å²) < 4.78 is 11.9. The highest BCUT2D eigenvalue weighted by Gasteiger charge is 2.58.